The first-order valence-corrected chi connectivity index (χ1v) is 14.3. The number of alkyl halides is 3. The summed E-state index contributed by atoms with van der Waals surface area (Å²) in [6.07, 6.45) is 0.316. The number of benzene rings is 2. The Morgan fingerprint density at radius 3 is 2.64 bits per heavy atom. The van der Waals surface area contributed by atoms with Gasteiger partial charge in [-0.3, -0.25) is 4.68 Å². The molecule has 5 rings (SSSR count). The number of aromatic nitrogens is 2. The summed E-state index contributed by atoms with van der Waals surface area (Å²) >= 11 is 0. The summed E-state index contributed by atoms with van der Waals surface area (Å²) in [5, 5.41) is 3.85. The molecule has 2 aromatic carbocycles. The van der Waals surface area contributed by atoms with Gasteiger partial charge in [0.1, 0.15) is 11.5 Å². The lowest BCUT2D eigenvalue weighted by Gasteiger charge is -2.35. The van der Waals surface area contributed by atoms with E-state index in [1.165, 1.54) is 35.3 Å². The minimum absolute atomic E-state index is 0.00651. The van der Waals surface area contributed by atoms with Crippen molar-refractivity contribution in [2.24, 2.45) is 13.0 Å². The number of nitrogens with one attached hydrogen (secondary N) is 1. The monoisotopic (exact) mass is 566 g/mol. The zero-order chi connectivity index (χ0) is 27.8. The molecular weight excluding hydrogens is 536 g/mol. The fraction of sp³-hybridized carbons (Fsp3) is 0.444. The van der Waals surface area contributed by atoms with Gasteiger partial charge in [-0.15, -0.1) is 0 Å². The lowest BCUT2D eigenvalue weighted by molar-refractivity contribution is -0.137. The van der Waals surface area contributed by atoms with E-state index in [0.29, 0.717) is 18.4 Å². The van der Waals surface area contributed by atoms with Crippen LogP contribution in [0.2, 0.25) is 0 Å². The van der Waals surface area contributed by atoms with Gasteiger partial charge in [0, 0.05) is 26.3 Å². The van der Waals surface area contributed by atoms with E-state index in [9.17, 15) is 26.0 Å². The van der Waals surface area contributed by atoms with Crippen molar-refractivity contribution in [3.05, 3.63) is 76.9 Å². The van der Waals surface area contributed by atoms with E-state index in [1.54, 1.807) is 19.2 Å². The molecule has 12 heteroatoms. The molecule has 1 saturated heterocycles. The van der Waals surface area contributed by atoms with Crippen LogP contribution in [0.1, 0.15) is 34.6 Å². The molecule has 2 aliphatic rings. The molecule has 2 unspecified atom stereocenters. The Bertz CT molecular complexity index is 1440. The second-order valence-corrected chi connectivity index (χ2v) is 12.0. The summed E-state index contributed by atoms with van der Waals surface area (Å²) in [5.41, 5.74) is 1.59. The first-order valence-electron chi connectivity index (χ1n) is 12.8. The Balaban J connectivity index is 1.32. The topological polar surface area (TPSA) is 76.5 Å². The Morgan fingerprint density at radius 2 is 1.97 bits per heavy atom. The van der Waals surface area contributed by atoms with Gasteiger partial charge >= 0.3 is 6.18 Å². The molecular formula is C27H30F4N4O3S. The molecule has 1 aliphatic carbocycles. The third-order valence-electron chi connectivity index (χ3n) is 7.44. The lowest BCUT2D eigenvalue weighted by atomic mass is 9.85. The number of likely N-dealkylation sites (tertiary alicyclic amines) is 1. The van der Waals surface area contributed by atoms with Crippen LogP contribution in [0, 0.1) is 11.7 Å². The molecule has 0 amide bonds. The summed E-state index contributed by atoms with van der Waals surface area (Å²) in [6.45, 7) is 2.58. The summed E-state index contributed by atoms with van der Waals surface area (Å²) < 4.78 is 89.1. The standard InChI is InChI=1S/C27H30F4N4O3S/c1-34-17-22(15-32-34)39(36,37)33-6-9-38-26-14-24-19(13-25(26)28)12-20(16-35-7-3-8-35)23(24)11-18-4-2-5-21(10-18)27(29,30)31/h2,4-5,10,13-15,17,20,23,33H,3,6-9,11-12,16H2,1H3. The van der Waals surface area contributed by atoms with Crippen LogP contribution in [-0.2, 0) is 36.1 Å². The fourth-order valence-electron chi connectivity index (χ4n) is 5.37. The first-order chi connectivity index (χ1) is 18.5. The van der Waals surface area contributed by atoms with Crippen LogP contribution in [-0.4, -0.2) is 55.9 Å². The van der Waals surface area contributed by atoms with Crippen molar-refractivity contribution >= 4 is 10.0 Å². The molecule has 1 N–H and O–H groups in total. The highest BCUT2D eigenvalue weighted by Gasteiger charge is 2.36. The van der Waals surface area contributed by atoms with Gasteiger partial charge in [0.25, 0.3) is 0 Å². The van der Waals surface area contributed by atoms with Gasteiger partial charge in [0.2, 0.25) is 10.0 Å². The van der Waals surface area contributed by atoms with Gasteiger partial charge in [-0.2, -0.15) is 18.3 Å². The summed E-state index contributed by atoms with van der Waals surface area (Å²) in [7, 11) is -2.17. The van der Waals surface area contributed by atoms with Crippen molar-refractivity contribution in [2.75, 3.05) is 32.8 Å². The number of nitrogens with zero attached hydrogens (tertiary/aromatic N) is 3. The van der Waals surface area contributed by atoms with Crippen molar-refractivity contribution in [1.82, 2.24) is 19.4 Å². The number of hydrogen-bond donors (Lipinski definition) is 1. The van der Waals surface area contributed by atoms with Crippen LogP contribution >= 0.6 is 0 Å². The van der Waals surface area contributed by atoms with Crippen molar-refractivity contribution < 1.29 is 30.7 Å². The summed E-state index contributed by atoms with van der Waals surface area (Å²) in [4.78, 5) is 2.33. The van der Waals surface area contributed by atoms with Gasteiger partial charge in [-0.25, -0.2) is 17.5 Å². The van der Waals surface area contributed by atoms with E-state index in [0.717, 1.165) is 43.2 Å². The highest BCUT2D eigenvalue weighted by molar-refractivity contribution is 7.89. The van der Waals surface area contributed by atoms with E-state index in [1.807, 2.05) is 0 Å². The number of hydrogen-bond acceptors (Lipinski definition) is 5. The highest BCUT2D eigenvalue weighted by atomic mass is 32.2. The molecule has 0 spiro atoms. The Labute approximate surface area is 224 Å². The first kappa shape index (κ1) is 27.6. The van der Waals surface area contributed by atoms with Crippen molar-refractivity contribution in [3.63, 3.8) is 0 Å². The molecule has 1 aliphatic heterocycles. The number of rotatable bonds is 10. The highest BCUT2D eigenvalue weighted by Crippen LogP contribution is 2.44. The summed E-state index contributed by atoms with van der Waals surface area (Å²) in [5.74, 6) is -0.522. The van der Waals surface area contributed by atoms with Gasteiger partial charge < -0.3 is 9.64 Å². The van der Waals surface area contributed by atoms with Crippen LogP contribution in [0.4, 0.5) is 17.6 Å². The maximum atomic E-state index is 15.0. The minimum Gasteiger partial charge on any atom is -0.489 e. The Hall–Kier alpha value is -2.96. The molecule has 3 aromatic rings. The molecule has 2 atom stereocenters. The van der Waals surface area contributed by atoms with Crippen molar-refractivity contribution in [3.8, 4) is 5.75 Å². The molecule has 0 saturated carbocycles. The Morgan fingerprint density at radius 1 is 1.18 bits per heavy atom. The number of sulfonamides is 1. The molecule has 1 aromatic heterocycles. The second-order valence-electron chi connectivity index (χ2n) is 10.2. The number of halogens is 4. The maximum Gasteiger partial charge on any atom is 0.416 e. The smallest absolute Gasteiger partial charge is 0.416 e. The third-order valence-corrected chi connectivity index (χ3v) is 8.85. The van der Waals surface area contributed by atoms with Crippen LogP contribution < -0.4 is 9.46 Å². The van der Waals surface area contributed by atoms with Crippen molar-refractivity contribution in [1.29, 1.82) is 0 Å². The molecule has 39 heavy (non-hydrogen) atoms. The average molecular weight is 567 g/mol. The maximum absolute atomic E-state index is 15.0. The molecule has 2 heterocycles. The van der Waals surface area contributed by atoms with Crippen LogP contribution in [0.25, 0.3) is 0 Å². The van der Waals surface area contributed by atoms with Gasteiger partial charge in [0.05, 0.1) is 11.8 Å². The SMILES string of the molecule is Cn1cc(S(=O)(=O)NCCOc2cc3c(cc2F)CC(CN2CCC2)C3Cc2cccc(C(F)(F)F)c2)cn1. The fourth-order valence-corrected chi connectivity index (χ4v) is 6.37. The molecule has 210 valence electrons. The second kappa shape index (κ2) is 10.9. The largest absolute Gasteiger partial charge is 0.489 e. The third kappa shape index (κ3) is 6.28. The predicted octanol–water partition coefficient (Wildman–Crippen LogP) is 4.14. The van der Waals surface area contributed by atoms with E-state index in [-0.39, 0.29) is 35.6 Å². The quantitative estimate of drug-likeness (QED) is 0.295. The van der Waals surface area contributed by atoms with Crippen molar-refractivity contribution in [2.45, 2.75) is 36.3 Å². The number of fused-ring (bicyclic) bond motifs is 1. The van der Waals surface area contributed by atoms with E-state index < -0.39 is 27.6 Å². The van der Waals surface area contributed by atoms with Crippen LogP contribution in [0.3, 0.4) is 0 Å². The molecule has 0 radical (unpaired) electrons. The molecule has 7 nitrogen and oxygen atoms in total. The van der Waals surface area contributed by atoms with E-state index in [2.05, 4.69) is 14.7 Å². The van der Waals surface area contributed by atoms with Gasteiger partial charge in [-0.1, -0.05) is 18.2 Å². The lowest BCUT2D eigenvalue weighted by Crippen LogP contribution is -2.41. The number of aryl methyl sites for hydroxylation is 1. The predicted molar refractivity (Wildman–Crippen MR) is 136 cm³/mol. The zero-order valence-electron chi connectivity index (χ0n) is 21.4. The Kier molecular flexibility index (Phi) is 7.71. The normalized spacial score (nSPS) is 19.6. The molecule has 0 bridgehead atoms. The van der Waals surface area contributed by atoms with Gasteiger partial charge in [-0.05, 0) is 79.1 Å². The molecule has 1 fully saturated rings. The van der Waals surface area contributed by atoms with Crippen LogP contribution in [0.5, 0.6) is 5.75 Å². The van der Waals surface area contributed by atoms with E-state index >= 15 is 0 Å². The average Bonchev–Trinajstić information content (AvgIpc) is 3.43. The number of ether oxygens (including phenoxy) is 1. The van der Waals surface area contributed by atoms with Gasteiger partial charge in [0.15, 0.2) is 11.6 Å². The van der Waals surface area contributed by atoms with E-state index in [4.69, 9.17) is 4.74 Å². The zero-order valence-corrected chi connectivity index (χ0v) is 22.2. The van der Waals surface area contributed by atoms with Crippen LogP contribution in [0.15, 0.2) is 53.7 Å². The summed E-state index contributed by atoms with van der Waals surface area (Å²) in [6, 6.07) is 8.45. The minimum atomic E-state index is -4.43.